The molecule has 1 aromatic rings. The highest BCUT2D eigenvalue weighted by Crippen LogP contribution is 2.14. The Labute approximate surface area is 106 Å². The largest absolute Gasteiger partial charge is 0.481 e. The lowest BCUT2D eigenvalue weighted by Crippen LogP contribution is -2.12. The van der Waals surface area contributed by atoms with Crippen LogP contribution in [0.4, 0.5) is 5.69 Å². The molecule has 1 rings (SSSR count). The molecule has 6 nitrogen and oxygen atoms in total. The molecule has 0 aliphatic rings. The maximum absolute atomic E-state index is 11.6. The highest BCUT2D eigenvalue weighted by Gasteiger charge is 2.09. The van der Waals surface area contributed by atoms with E-state index in [2.05, 4.69) is 10.4 Å². The van der Waals surface area contributed by atoms with Crippen LogP contribution in [0.1, 0.15) is 38.3 Å². The van der Waals surface area contributed by atoms with Gasteiger partial charge in [-0.15, -0.1) is 0 Å². The number of hydrogen-bond donors (Lipinski definition) is 2. The Kier molecular flexibility index (Phi) is 5.35. The van der Waals surface area contributed by atoms with Gasteiger partial charge in [0.05, 0.1) is 11.4 Å². The van der Waals surface area contributed by atoms with Gasteiger partial charge in [0.1, 0.15) is 0 Å². The van der Waals surface area contributed by atoms with Gasteiger partial charge in [0, 0.05) is 26.1 Å². The molecule has 100 valence electrons. The molecule has 0 bridgehead atoms. The number of aliphatic carboxylic acids is 1. The lowest BCUT2D eigenvalue weighted by atomic mass is 10.2. The van der Waals surface area contributed by atoms with Crippen molar-refractivity contribution in [1.82, 2.24) is 9.78 Å². The third kappa shape index (κ3) is 4.57. The Bertz CT molecular complexity index is 426. The molecule has 0 saturated carbocycles. The molecule has 0 radical (unpaired) electrons. The van der Waals surface area contributed by atoms with Crippen molar-refractivity contribution in [1.29, 1.82) is 0 Å². The summed E-state index contributed by atoms with van der Waals surface area (Å²) in [6.45, 7) is 1.98. The van der Waals surface area contributed by atoms with Crippen molar-refractivity contribution >= 4 is 17.6 Å². The zero-order valence-electron chi connectivity index (χ0n) is 10.8. The number of carboxylic acid groups (broad SMARTS) is 1. The predicted molar refractivity (Wildman–Crippen MR) is 67.3 cm³/mol. The number of nitrogens with one attached hydrogen (secondary N) is 1. The number of aryl methyl sites for hydroxylation is 2. The first-order valence-electron chi connectivity index (χ1n) is 6.07. The molecule has 0 spiro atoms. The predicted octanol–water partition coefficient (Wildman–Crippen LogP) is 1.57. The van der Waals surface area contributed by atoms with E-state index in [9.17, 15) is 9.59 Å². The van der Waals surface area contributed by atoms with Crippen molar-refractivity contribution in [3.8, 4) is 0 Å². The minimum atomic E-state index is -0.823. The average molecular weight is 253 g/mol. The van der Waals surface area contributed by atoms with E-state index >= 15 is 0 Å². The van der Waals surface area contributed by atoms with E-state index in [-0.39, 0.29) is 12.3 Å². The lowest BCUT2D eigenvalue weighted by Gasteiger charge is -2.03. The van der Waals surface area contributed by atoms with Gasteiger partial charge in [-0.2, -0.15) is 5.10 Å². The summed E-state index contributed by atoms with van der Waals surface area (Å²) in [7, 11) is 1.81. The van der Waals surface area contributed by atoms with Crippen molar-refractivity contribution in [3.63, 3.8) is 0 Å². The van der Waals surface area contributed by atoms with Gasteiger partial charge in [0.2, 0.25) is 5.91 Å². The molecule has 0 aromatic carbocycles. The third-order valence-electron chi connectivity index (χ3n) is 2.56. The molecule has 1 aromatic heterocycles. The number of hydrogen-bond acceptors (Lipinski definition) is 3. The Morgan fingerprint density at radius 1 is 1.39 bits per heavy atom. The van der Waals surface area contributed by atoms with Crippen LogP contribution in [0.5, 0.6) is 0 Å². The lowest BCUT2D eigenvalue weighted by molar-refractivity contribution is -0.137. The fraction of sp³-hybridized carbons (Fsp3) is 0.583. The van der Waals surface area contributed by atoms with Crippen molar-refractivity contribution in [2.24, 2.45) is 7.05 Å². The first-order chi connectivity index (χ1) is 8.52. The number of unbranched alkanes of at least 4 members (excludes halogenated alkanes) is 1. The molecule has 2 N–H and O–H groups in total. The molecular weight excluding hydrogens is 234 g/mol. The van der Waals surface area contributed by atoms with Crippen molar-refractivity contribution in [2.75, 3.05) is 5.32 Å². The second kappa shape index (κ2) is 6.78. The number of carboxylic acids is 1. The van der Waals surface area contributed by atoms with Gasteiger partial charge in [0.25, 0.3) is 0 Å². The second-order valence-electron chi connectivity index (χ2n) is 4.17. The van der Waals surface area contributed by atoms with E-state index < -0.39 is 5.97 Å². The highest BCUT2D eigenvalue weighted by molar-refractivity contribution is 5.91. The van der Waals surface area contributed by atoms with Crippen LogP contribution in [0.3, 0.4) is 0 Å². The number of aromatic nitrogens is 2. The third-order valence-corrected chi connectivity index (χ3v) is 2.56. The maximum atomic E-state index is 11.6. The first kappa shape index (κ1) is 14.2. The number of rotatable bonds is 7. The number of carbonyl (C=O) groups is 2. The zero-order valence-corrected chi connectivity index (χ0v) is 10.8. The minimum absolute atomic E-state index is 0.0944. The van der Waals surface area contributed by atoms with Gasteiger partial charge in [-0.1, -0.05) is 6.92 Å². The SMILES string of the molecule is CCc1nn(C)cc1NC(=O)CCCCC(=O)O. The molecule has 0 fully saturated rings. The van der Waals surface area contributed by atoms with Crippen LogP contribution in [-0.2, 0) is 23.1 Å². The summed E-state index contributed by atoms with van der Waals surface area (Å²) in [5.74, 6) is -0.918. The summed E-state index contributed by atoms with van der Waals surface area (Å²) in [6, 6.07) is 0. The van der Waals surface area contributed by atoms with Gasteiger partial charge >= 0.3 is 5.97 Å². The number of carbonyl (C=O) groups excluding carboxylic acids is 1. The maximum Gasteiger partial charge on any atom is 0.303 e. The van der Waals surface area contributed by atoms with Crippen molar-refractivity contribution in [2.45, 2.75) is 39.0 Å². The van der Waals surface area contributed by atoms with E-state index in [1.54, 1.807) is 10.9 Å². The number of anilines is 1. The van der Waals surface area contributed by atoms with E-state index in [0.717, 1.165) is 17.8 Å². The molecule has 0 unspecified atom stereocenters. The number of amides is 1. The van der Waals surface area contributed by atoms with E-state index in [1.165, 1.54) is 0 Å². The summed E-state index contributed by atoms with van der Waals surface area (Å²) in [6.07, 6.45) is 4.09. The topological polar surface area (TPSA) is 84.2 Å². The van der Waals surface area contributed by atoms with Gasteiger partial charge < -0.3 is 10.4 Å². The van der Waals surface area contributed by atoms with Gasteiger partial charge in [0.15, 0.2) is 0 Å². The Morgan fingerprint density at radius 2 is 2.06 bits per heavy atom. The van der Waals surface area contributed by atoms with Crippen LogP contribution in [0, 0.1) is 0 Å². The van der Waals surface area contributed by atoms with Crippen molar-refractivity contribution in [3.05, 3.63) is 11.9 Å². The van der Waals surface area contributed by atoms with Gasteiger partial charge in [-0.3, -0.25) is 14.3 Å². The van der Waals surface area contributed by atoms with E-state index in [4.69, 9.17) is 5.11 Å². The quantitative estimate of drug-likeness (QED) is 0.722. The summed E-state index contributed by atoms with van der Waals surface area (Å²) in [5, 5.41) is 15.5. The summed E-state index contributed by atoms with van der Waals surface area (Å²) < 4.78 is 1.67. The molecule has 0 saturated heterocycles. The van der Waals surface area contributed by atoms with E-state index in [0.29, 0.717) is 19.3 Å². The summed E-state index contributed by atoms with van der Waals surface area (Å²) in [5.41, 5.74) is 1.60. The van der Waals surface area contributed by atoms with Crippen LogP contribution in [0.25, 0.3) is 0 Å². The van der Waals surface area contributed by atoms with E-state index in [1.807, 2.05) is 14.0 Å². The monoisotopic (exact) mass is 253 g/mol. The van der Waals surface area contributed by atoms with Crippen LogP contribution >= 0.6 is 0 Å². The van der Waals surface area contributed by atoms with Crippen LogP contribution in [0.15, 0.2) is 6.20 Å². The molecule has 1 amide bonds. The van der Waals surface area contributed by atoms with Gasteiger partial charge in [-0.05, 0) is 19.3 Å². The average Bonchev–Trinajstić information content (AvgIpc) is 2.64. The van der Waals surface area contributed by atoms with Crippen LogP contribution < -0.4 is 5.32 Å². The number of nitrogens with zero attached hydrogens (tertiary/aromatic N) is 2. The standard InChI is InChI=1S/C12H19N3O3/c1-3-9-10(8-15(2)14-9)13-11(16)6-4-5-7-12(17)18/h8H,3-7H2,1-2H3,(H,13,16)(H,17,18). The Balaban J connectivity index is 2.37. The smallest absolute Gasteiger partial charge is 0.303 e. The summed E-state index contributed by atoms with van der Waals surface area (Å²) >= 11 is 0. The van der Waals surface area contributed by atoms with Crippen molar-refractivity contribution < 1.29 is 14.7 Å². The molecular formula is C12H19N3O3. The fourth-order valence-corrected chi connectivity index (χ4v) is 1.67. The molecule has 18 heavy (non-hydrogen) atoms. The minimum Gasteiger partial charge on any atom is -0.481 e. The van der Waals surface area contributed by atoms with Crippen LogP contribution in [0.2, 0.25) is 0 Å². The Hall–Kier alpha value is -1.85. The fourth-order valence-electron chi connectivity index (χ4n) is 1.67. The molecule has 1 heterocycles. The highest BCUT2D eigenvalue weighted by atomic mass is 16.4. The zero-order chi connectivity index (χ0) is 13.5. The molecule has 6 heteroatoms. The normalized spacial score (nSPS) is 10.3. The first-order valence-corrected chi connectivity index (χ1v) is 6.07. The molecule has 0 atom stereocenters. The summed E-state index contributed by atoms with van der Waals surface area (Å²) in [4.78, 5) is 21.9. The molecule has 0 aliphatic carbocycles. The molecule has 0 aliphatic heterocycles. The second-order valence-corrected chi connectivity index (χ2v) is 4.17. The van der Waals surface area contributed by atoms with Gasteiger partial charge in [-0.25, -0.2) is 0 Å². The Morgan fingerprint density at radius 3 is 2.67 bits per heavy atom. The van der Waals surface area contributed by atoms with Crippen LogP contribution in [-0.4, -0.2) is 26.8 Å².